The van der Waals surface area contributed by atoms with Crippen LogP contribution in [0.15, 0.2) is 60.7 Å². The van der Waals surface area contributed by atoms with E-state index in [-0.39, 0.29) is 24.2 Å². The number of anilines is 2. The molecule has 0 saturated heterocycles. The molecule has 8 nitrogen and oxygen atoms in total. The molecule has 12 heteroatoms. The monoisotopic (exact) mass is 559 g/mol. The summed E-state index contributed by atoms with van der Waals surface area (Å²) in [5.74, 6) is -5.04. The second kappa shape index (κ2) is 13.8. The zero-order chi connectivity index (χ0) is 29.2. The van der Waals surface area contributed by atoms with Gasteiger partial charge in [0.05, 0.1) is 14.2 Å². The van der Waals surface area contributed by atoms with Crippen LogP contribution in [0.25, 0.3) is 6.08 Å². The number of hydrogen-bond acceptors (Lipinski definition) is 5. The van der Waals surface area contributed by atoms with Crippen molar-refractivity contribution in [3.8, 4) is 11.5 Å². The number of benzene rings is 3. The lowest BCUT2D eigenvalue weighted by Crippen LogP contribution is -2.43. The molecule has 0 spiro atoms. The van der Waals surface area contributed by atoms with E-state index in [1.54, 1.807) is 18.2 Å². The first-order valence-electron chi connectivity index (χ1n) is 11.8. The van der Waals surface area contributed by atoms with Crippen LogP contribution in [-0.2, 0) is 14.4 Å². The van der Waals surface area contributed by atoms with Crippen LogP contribution in [0.2, 0.25) is 0 Å². The number of nitrogens with one attached hydrogen (secondary N) is 3. The first-order chi connectivity index (χ1) is 19.1. The van der Waals surface area contributed by atoms with E-state index in [1.165, 1.54) is 20.3 Å². The molecule has 210 valence electrons. The molecule has 0 bridgehead atoms. The summed E-state index contributed by atoms with van der Waals surface area (Å²) in [5.41, 5.74) is 0.230. The SMILES string of the molecule is COc1ccc(/C=C/C(=O)N[C@@H](CCC(=O)Nc2cc(F)cc(F)c2)C(=O)Nc2cc(F)cc(F)c2)cc1OC. The minimum Gasteiger partial charge on any atom is -0.493 e. The van der Waals surface area contributed by atoms with Crippen LogP contribution in [0.5, 0.6) is 11.5 Å². The van der Waals surface area contributed by atoms with E-state index in [9.17, 15) is 31.9 Å². The van der Waals surface area contributed by atoms with Gasteiger partial charge in [0.2, 0.25) is 17.7 Å². The highest BCUT2D eigenvalue weighted by atomic mass is 19.1. The Labute approximate surface area is 227 Å². The summed E-state index contributed by atoms with van der Waals surface area (Å²) in [7, 11) is 2.92. The molecule has 0 aliphatic rings. The van der Waals surface area contributed by atoms with Crippen molar-refractivity contribution in [3.63, 3.8) is 0 Å². The van der Waals surface area contributed by atoms with Crippen LogP contribution in [0.4, 0.5) is 28.9 Å². The van der Waals surface area contributed by atoms with Crippen molar-refractivity contribution in [2.24, 2.45) is 0 Å². The molecule has 3 amide bonds. The summed E-state index contributed by atoms with van der Waals surface area (Å²) < 4.78 is 64.4. The first kappa shape index (κ1) is 29.7. The number of rotatable bonds is 11. The minimum atomic E-state index is -1.33. The fourth-order valence-corrected chi connectivity index (χ4v) is 3.60. The summed E-state index contributed by atoms with van der Waals surface area (Å²) in [5, 5.41) is 7.05. The zero-order valence-electron chi connectivity index (χ0n) is 21.4. The van der Waals surface area contributed by atoms with E-state index in [0.29, 0.717) is 29.2 Å². The van der Waals surface area contributed by atoms with Gasteiger partial charge in [-0.3, -0.25) is 14.4 Å². The Bertz CT molecular complexity index is 1390. The molecule has 3 aromatic rings. The standard InChI is InChI=1S/C28H25F4N3O5/c1-39-24-6-3-16(9-25(24)40-2)4-7-27(37)35-23(28(38)34-22-14-19(31)11-20(32)15-22)5-8-26(36)33-21-12-17(29)10-18(30)13-21/h3-4,6-7,9-15,23H,5,8H2,1-2H3,(H,33,36)(H,34,38)(H,35,37)/b7-4+/t23-/m0/s1. The fraction of sp³-hybridized carbons (Fsp3) is 0.179. The Kier molecular flexibility index (Phi) is 10.2. The van der Waals surface area contributed by atoms with Crippen LogP contribution in [0.3, 0.4) is 0 Å². The maximum atomic E-state index is 13.6. The maximum absolute atomic E-state index is 13.6. The third-order valence-electron chi connectivity index (χ3n) is 5.40. The third kappa shape index (κ3) is 8.86. The average Bonchev–Trinajstić information content (AvgIpc) is 2.88. The number of methoxy groups -OCH3 is 2. The highest BCUT2D eigenvalue weighted by Crippen LogP contribution is 2.28. The number of hydrogen-bond donors (Lipinski definition) is 3. The summed E-state index contributed by atoms with van der Waals surface area (Å²) in [6.07, 6.45) is 1.97. The smallest absolute Gasteiger partial charge is 0.246 e. The van der Waals surface area contributed by atoms with E-state index >= 15 is 0 Å². The van der Waals surface area contributed by atoms with Gasteiger partial charge < -0.3 is 25.4 Å². The predicted molar refractivity (Wildman–Crippen MR) is 140 cm³/mol. The molecular weight excluding hydrogens is 534 g/mol. The molecule has 1 atom stereocenters. The lowest BCUT2D eigenvalue weighted by molar-refractivity contribution is -0.124. The highest BCUT2D eigenvalue weighted by molar-refractivity contribution is 6.00. The summed E-state index contributed by atoms with van der Waals surface area (Å²) in [4.78, 5) is 37.9. The minimum absolute atomic E-state index is 0.138. The molecule has 0 fully saturated rings. The normalized spacial score (nSPS) is 11.6. The summed E-state index contributed by atoms with van der Waals surface area (Å²) in [6, 6.07) is 8.40. The lowest BCUT2D eigenvalue weighted by Gasteiger charge is -2.18. The molecule has 0 heterocycles. The van der Waals surface area contributed by atoms with Crippen LogP contribution in [-0.4, -0.2) is 38.0 Å². The van der Waals surface area contributed by atoms with E-state index < -0.39 is 47.0 Å². The Morgan fingerprint density at radius 3 is 1.88 bits per heavy atom. The molecule has 3 aromatic carbocycles. The van der Waals surface area contributed by atoms with Crippen LogP contribution >= 0.6 is 0 Å². The third-order valence-corrected chi connectivity index (χ3v) is 5.40. The quantitative estimate of drug-likeness (QED) is 0.231. The Balaban J connectivity index is 1.72. The maximum Gasteiger partial charge on any atom is 0.246 e. The average molecular weight is 560 g/mol. The van der Waals surface area contributed by atoms with Crippen molar-refractivity contribution < 1.29 is 41.4 Å². The van der Waals surface area contributed by atoms with Gasteiger partial charge in [-0.15, -0.1) is 0 Å². The molecule has 0 saturated carbocycles. The second-order valence-electron chi connectivity index (χ2n) is 8.40. The molecule has 0 unspecified atom stereocenters. The van der Waals surface area contributed by atoms with Crippen molar-refractivity contribution >= 4 is 35.2 Å². The molecule has 40 heavy (non-hydrogen) atoms. The van der Waals surface area contributed by atoms with Crippen molar-refractivity contribution in [1.29, 1.82) is 0 Å². The van der Waals surface area contributed by atoms with Gasteiger partial charge in [0.25, 0.3) is 0 Å². The molecule has 3 rings (SSSR count). The number of amides is 3. The molecular formula is C28H25F4N3O5. The molecule has 0 aliphatic heterocycles. The van der Waals surface area contributed by atoms with E-state index in [4.69, 9.17) is 9.47 Å². The van der Waals surface area contributed by atoms with Crippen LogP contribution in [0, 0.1) is 23.3 Å². The van der Waals surface area contributed by atoms with Crippen molar-refractivity contribution in [1.82, 2.24) is 5.32 Å². The van der Waals surface area contributed by atoms with Crippen LogP contribution < -0.4 is 25.4 Å². The zero-order valence-corrected chi connectivity index (χ0v) is 21.4. The molecule has 0 radical (unpaired) electrons. The predicted octanol–water partition coefficient (Wildman–Crippen LogP) is 4.82. The molecule has 0 aromatic heterocycles. The Morgan fingerprint density at radius 1 is 0.775 bits per heavy atom. The summed E-state index contributed by atoms with van der Waals surface area (Å²) in [6.45, 7) is 0. The molecule has 3 N–H and O–H groups in total. The summed E-state index contributed by atoms with van der Waals surface area (Å²) >= 11 is 0. The number of ether oxygens (including phenoxy) is 2. The van der Waals surface area contributed by atoms with E-state index in [1.807, 2.05) is 0 Å². The van der Waals surface area contributed by atoms with Crippen molar-refractivity contribution in [2.75, 3.05) is 24.9 Å². The highest BCUT2D eigenvalue weighted by Gasteiger charge is 2.22. The van der Waals surface area contributed by atoms with E-state index in [2.05, 4.69) is 16.0 Å². The van der Waals surface area contributed by atoms with Crippen molar-refractivity contribution in [2.45, 2.75) is 18.9 Å². The number of carbonyl (C=O) groups excluding carboxylic acids is 3. The van der Waals surface area contributed by atoms with Gasteiger partial charge in [-0.05, 0) is 54.5 Å². The number of carbonyl (C=O) groups is 3. The van der Waals surface area contributed by atoms with Gasteiger partial charge >= 0.3 is 0 Å². The topological polar surface area (TPSA) is 106 Å². The number of halogens is 4. The lowest BCUT2D eigenvalue weighted by atomic mass is 10.1. The van der Waals surface area contributed by atoms with Gasteiger partial charge in [-0.1, -0.05) is 6.07 Å². The Hall–Kier alpha value is -4.87. The van der Waals surface area contributed by atoms with Gasteiger partial charge in [-0.25, -0.2) is 17.6 Å². The Morgan fingerprint density at radius 2 is 1.32 bits per heavy atom. The van der Waals surface area contributed by atoms with Crippen molar-refractivity contribution in [3.05, 3.63) is 89.5 Å². The van der Waals surface area contributed by atoms with Gasteiger partial charge in [0, 0.05) is 36.0 Å². The van der Waals surface area contributed by atoms with E-state index in [0.717, 1.165) is 30.3 Å². The largest absolute Gasteiger partial charge is 0.493 e. The van der Waals surface area contributed by atoms with Gasteiger partial charge in [0.1, 0.15) is 29.3 Å². The van der Waals surface area contributed by atoms with Gasteiger partial charge in [0.15, 0.2) is 11.5 Å². The van der Waals surface area contributed by atoms with Gasteiger partial charge in [-0.2, -0.15) is 0 Å². The van der Waals surface area contributed by atoms with Crippen LogP contribution in [0.1, 0.15) is 18.4 Å². The second-order valence-corrected chi connectivity index (χ2v) is 8.40. The first-order valence-corrected chi connectivity index (χ1v) is 11.8. The fourth-order valence-electron chi connectivity index (χ4n) is 3.60. The molecule has 0 aliphatic carbocycles.